The molecule has 7 nitrogen and oxygen atoms in total. The van der Waals surface area contributed by atoms with Gasteiger partial charge in [-0.3, -0.25) is 0 Å². The van der Waals surface area contributed by atoms with Gasteiger partial charge in [-0.25, -0.2) is 9.69 Å². The molecule has 3 unspecified atom stereocenters. The zero-order valence-electron chi connectivity index (χ0n) is 16.1. The molecule has 0 aromatic heterocycles. The predicted molar refractivity (Wildman–Crippen MR) is 108 cm³/mol. The second-order valence-corrected chi connectivity index (χ2v) is 7.31. The Bertz CT molecular complexity index is 927. The van der Waals surface area contributed by atoms with Gasteiger partial charge in [0.15, 0.2) is 6.35 Å². The Morgan fingerprint density at radius 3 is 2.62 bits per heavy atom. The van der Waals surface area contributed by atoms with Gasteiger partial charge in [0.1, 0.15) is 12.0 Å². The number of aryl methyl sites for hydroxylation is 1. The first-order chi connectivity index (χ1) is 14.0. The van der Waals surface area contributed by atoms with E-state index in [0.29, 0.717) is 12.3 Å². The van der Waals surface area contributed by atoms with Gasteiger partial charge in [-0.15, -0.1) is 0 Å². The van der Waals surface area contributed by atoms with Crippen LogP contribution in [0.3, 0.4) is 0 Å². The van der Waals surface area contributed by atoms with Crippen molar-refractivity contribution in [1.82, 2.24) is 4.90 Å². The normalized spacial score (nSPS) is 24.2. The minimum absolute atomic E-state index is 0.00426. The highest BCUT2D eigenvalue weighted by molar-refractivity contribution is 5.85. The van der Waals surface area contributed by atoms with E-state index in [9.17, 15) is 15.0 Å². The van der Waals surface area contributed by atoms with Crippen LogP contribution in [0.25, 0.3) is 6.08 Å². The van der Waals surface area contributed by atoms with Crippen LogP contribution < -0.4 is 9.64 Å². The first kappa shape index (κ1) is 19.4. The van der Waals surface area contributed by atoms with Crippen LogP contribution in [0.2, 0.25) is 0 Å². The molecule has 0 spiro atoms. The SMILES string of the molecule is COc1ccc(N2C(O)CN(C3CCc4cc(/C=C/C(=O)O)ccc43)C2O)cc1. The smallest absolute Gasteiger partial charge is 0.328 e. The van der Waals surface area contributed by atoms with Gasteiger partial charge < -0.3 is 25.0 Å². The first-order valence-corrected chi connectivity index (χ1v) is 9.56. The van der Waals surface area contributed by atoms with Crippen molar-refractivity contribution < 1.29 is 24.9 Å². The van der Waals surface area contributed by atoms with E-state index in [4.69, 9.17) is 9.84 Å². The number of β-amino-alcohol motifs (C(OH)–C–C–N with tert-alkyl or cyclic N) is 1. The summed E-state index contributed by atoms with van der Waals surface area (Å²) in [5.74, 6) is -0.262. The van der Waals surface area contributed by atoms with Gasteiger partial charge in [0.25, 0.3) is 0 Å². The van der Waals surface area contributed by atoms with E-state index >= 15 is 0 Å². The number of nitrogens with zero attached hydrogens (tertiary/aromatic N) is 2. The number of aliphatic hydroxyl groups is 2. The van der Waals surface area contributed by atoms with Gasteiger partial charge >= 0.3 is 5.97 Å². The summed E-state index contributed by atoms with van der Waals surface area (Å²) < 4.78 is 5.18. The highest BCUT2D eigenvalue weighted by Gasteiger charge is 2.43. The lowest BCUT2D eigenvalue weighted by molar-refractivity contribution is -0.131. The van der Waals surface area contributed by atoms with Crippen LogP contribution in [-0.4, -0.2) is 52.4 Å². The van der Waals surface area contributed by atoms with Gasteiger partial charge in [-0.1, -0.05) is 18.2 Å². The number of fused-ring (bicyclic) bond motifs is 1. The number of aliphatic hydroxyl groups excluding tert-OH is 2. The second-order valence-electron chi connectivity index (χ2n) is 7.31. The zero-order valence-corrected chi connectivity index (χ0v) is 16.1. The van der Waals surface area contributed by atoms with Crippen LogP contribution in [-0.2, 0) is 11.2 Å². The molecule has 2 aromatic carbocycles. The van der Waals surface area contributed by atoms with E-state index in [1.54, 1.807) is 30.2 Å². The van der Waals surface area contributed by atoms with E-state index in [1.807, 2.05) is 35.2 Å². The number of rotatable bonds is 5. The van der Waals surface area contributed by atoms with E-state index in [0.717, 1.165) is 41.3 Å². The Morgan fingerprint density at radius 2 is 1.93 bits per heavy atom. The molecule has 4 rings (SSSR count). The van der Waals surface area contributed by atoms with Crippen molar-refractivity contribution in [2.24, 2.45) is 0 Å². The lowest BCUT2D eigenvalue weighted by atomic mass is 10.0. The van der Waals surface area contributed by atoms with Gasteiger partial charge in [0.2, 0.25) is 0 Å². The number of methoxy groups -OCH3 is 1. The molecule has 2 aromatic rings. The molecule has 3 N–H and O–H groups in total. The topological polar surface area (TPSA) is 93.5 Å². The lowest BCUT2D eigenvalue weighted by Crippen LogP contribution is -2.41. The number of carbonyl (C=O) groups is 1. The standard InChI is InChI=1S/C22H24N2O5/c1-29-17-7-5-16(6-8-17)24-20(25)13-23(22(24)28)19-10-4-15-12-14(2-9-18(15)19)3-11-21(26)27/h2-3,5-9,11-12,19-20,22,25,28H,4,10,13H2,1H3,(H,26,27)/b11-3+. The fourth-order valence-corrected chi connectivity index (χ4v) is 4.26. The van der Waals surface area contributed by atoms with E-state index in [2.05, 4.69) is 0 Å². The predicted octanol–water partition coefficient (Wildman–Crippen LogP) is 2.20. The highest BCUT2D eigenvalue weighted by Crippen LogP contribution is 2.41. The minimum atomic E-state index is -0.976. The average molecular weight is 396 g/mol. The van der Waals surface area contributed by atoms with Crippen LogP contribution in [0.5, 0.6) is 5.75 Å². The maximum atomic E-state index is 11.0. The third-order valence-electron chi connectivity index (χ3n) is 5.64. The summed E-state index contributed by atoms with van der Waals surface area (Å²) >= 11 is 0. The summed E-state index contributed by atoms with van der Waals surface area (Å²) in [5, 5.41) is 30.4. The fourth-order valence-electron chi connectivity index (χ4n) is 4.26. The zero-order chi connectivity index (χ0) is 20.5. The van der Waals surface area contributed by atoms with E-state index < -0.39 is 18.5 Å². The Kier molecular flexibility index (Phi) is 5.27. The summed E-state index contributed by atoms with van der Waals surface area (Å²) in [6, 6.07) is 13.1. The van der Waals surface area contributed by atoms with Crippen molar-refractivity contribution in [3.8, 4) is 5.75 Å². The first-order valence-electron chi connectivity index (χ1n) is 9.56. The van der Waals surface area contributed by atoms with Crippen molar-refractivity contribution in [3.63, 3.8) is 0 Å². The number of ether oxygens (including phenoxy) is 1. The fraction of sp³-hybridized carbons (Fsp3) is 0.318. The molecule has 3 atom stereocenters. The number of carboxylic acid groups (broad SMARTS) is 1. The number of anilines is 1. The van der Waals surface area contributed by atoms with Gasteiger partial charge in [0.05, 0.1) is 7.11 Å². The number of carboxylic acids is 1. The largest absolute Gasteiger partial charge is 0.497 e. The molecule has 29 heavy (non-hydrogen) atoms. The van der Waals surface area contributed by atoms with Crippen molar-refractivity contribution in [2.75, 3.05) is 18.6 Å². The quantitative estimate of drug-likeness (QED) is 0.667. The van der Waals surface area contributed by atoms with Crippen LogP contribution in [0.1, 0.15) is 29.2 Å². The lowest BCUT2D eigenvalue weighted by Gasteiger charge is -2.31. The van der Waals surface area contributed by atoms with Crippen molar-refractivity contribution in [1.29, 1.82) is 0 Å². The molecule has 1 heterocycles. The van der Waals surface area contributed by atoms with Crippen LogP contribution in [0.15, 0.2) is 48.5 Å². The molecule has 0 bridgehead atoms. The Labute approximate surface area is 169 Å². The van der Waals surface area contributed by atoms with Crippen molar-refractivity contribution >= 4 is 17.7 Å². The number of hydrogen-bond acceptors (Lipinski definition) is 6. The van der Waals surface area contributed by atoms with E-state index in [-0.39, 0.29) is 6.04 Å². The summed E-state index contributed by atoms with van der Waals surface area (Å²) in [6.45, 7) is 0.331. The van der Waals surface area contributed by atoms with E-state index in [1.165, 1.54) is 0 Å². The van der Waals surface area contributed by atoms with Gasteiger partial charge in [-0.2, -0.15) is 0 Å². The third kappa shape index (κ3) is 3.72. The molecule has 1 aliphatic carbocycles. The summed E-state index contributed by atoms with van der Waals surface area (Å²) in [6.07, 6.45) is 2.62. The summed E-state index contributed by atoms with van der Waals surface area (Å²) in [5.41, 5.74) is 3.82. The molecule has 1 aliphatic heterocycles. The molecule has 0 radical (unpaired) electrons. The molecule has 152 valence electrons. The highest BCUT2D eigenvalue weighted by atomic mass is 16.5. The molecule has 1 saturated heterocycles. The third-order valence-corrected chi connectivity index (χ3v) is 5.64. The Hall–Kier alpha value is -2.87. The molecule has 1 fully saturated rings. The summed E-state index contributed by atoms with van der Waals surface area (Å²) in [4.78, 5) is 14.2. The number of aliphatic carboxylic acids is 1. The average Bonchev–Trinajstić information content (AvgIpc) is 3.26. The van der Waals surface area contributed by atoms with Crippen LogP contribution in [0, 0.1) is 0 Å². The summed E-state index contributed by atoms with van der Waals surface area (Å²) in [7, 11) is 1.59. The molecule has 0 saturated carbocycles. The molecule has 2 aliphatic rings. The van der Waals surface area contributed by atoms with Crippen molar-refractivity contribution in [3.05, 3.63) is 65.2 Å². The van der Waals surface area contributed by atoms with Crippen LogP contribution >= 0.6 is 0 Å². The molecule has 0 amide bonds. The number of benzene rings is 2. The Balaban J connectivity index is 1.55. The molecular weight excluding hydrogens is 372 g/mol. The maximum absolute atomic E-state index is 11.0. The second kappa shape index (κ2) is 7.87. The molecular formula is C22H24N2O5. The Morgan fingerprint density at radius 1 is 1.17 bits per heavy atom. The number of hydrogen-bond donors (Lipinski definition) is 3. The van der Waals surface area contributed by atoms with Crippen LogP contribution in [0.4, 0.5) is 5.69 Å². The van der Waals surface area contributed by atoms with Crippen molar-refractivity contribution in [2.45, 2.75) is 31.5 Å². The minimum Gasteiger partial charge on any atom is -0.497 e. The molecule has 7 heteroatoms. The van der Waals surface area contributed by atoms with Gasteiger partial charge in [0, 0.05) is 24.4 Å². The maximum Gasteiger partial charge on any atom is 0.328 e. The monoisotopic (exact) mass is 396 g/mol. The van der Waals surface area contributed by atoms with Gasteiger partial charge in [-0.05, 0) is 59.9 Å².